The molecule has 1 amide bonds. The molecule has 2 rings (SSSR count). The summed E-state index contributed by atoms with van der Waals surface area (Å²) in [5.74, 6) is 1.14. The number of ether oxygens (including phenoxy) is 1. The monoisotopic (exact) mass is 488 g/mol. The maximum absolute atomic E-state index is 10.9. The van der Waals surface area contributed by atoms with Gasteiger partial charge >= 0.3 is 0 Å². The van der Waals surface area contributed by atoms with E-state index in [9.17, 15) is 4.79 Å². The zero-order chi connectivity index (χ0) is 18.8. The Labute approximate surface area is 179 Å². The molecule has 0 spiro atoms. The zero-order valence-corrected chi connectivity index (χ0v) is 18.9. The summed E-state index contributed by atoms with van der Waals surface area (Å²) in [5.41, 5.74) is 2.50. The van der Waals surface area contributed by atoms with Crippen molar-refractivity contribution in [2.24, 2.45) is 10.9 Å². The van der Waals surface area contributed by atoms with Gasteiger partial charge in [-0.05, 0) is 32.3 Å². The van der Waals surface area contributed by atoms with Crippen LogP contribution in [0.3, 0.4) is 0 Å². The fourth-order valence-corrected chi connectivity index (χ4v) is 3.12. The highest BCUT2D eigenvalue weighted by Crippen LogP contribution is 2.33. The maximum Gasteiger partial charge on any atom is 0.216 e. The van der Waals surface area contributed by atoms with Gasteiger partial charge in [0.25, 0.3) is 0 Å². The van der Waals surface area contributed by atoms with Gasteiger partial charge in [0, 0.05) is 45.6 Å². The van der Waals surface area contributed by atoms with Crippen LogP contribution in [-0.2, 0) is 9.53 Å². The van der Waals surface area contributed by atoms with Gasteiger partial charge in [-0.1, -0.05) is 29.8 Å². The molecule has 0 radical (unpaired) electrons. The number of nitrogens with zero attached hydrogens (tertiary/aromatic N) is 1. The summed E-state index contributed by atoms with van der Waals surface area (Å²) in [6.45, 7) is 9.22. The van der Waals surface area contributed by atoms with Gasteiger partial charge < -0.3 is 20.7 Å². The van der Waals surface area contributed by atoms with Crippen molar-refractivity contribution in [2.75, 3.05) is 32.8 Å². The van der Waals surface area contributed by atoms with Crippen molar-refractivity contribution in [1.82, 2.24) is 16.0 Å². The minimum atomic E-state index is -0.0194. The number of aryl methyl sites for hydroxylation is 1. The third kappa shape index (κ3) is 8.47. The molecule has 0 bridgehead atoms. The third-order valence-corrected chi connectivity index (χ3v) is 4.47. The van der Waals surface area contributed by atoms with Crippen molar-refractivity contribution in [3.63, 3.8) is 0 Å². The van der Waals surface area contributed by atoms with E-state index in [0.717, 1.165) is 32.0 Å². The first-order valence-electron chi connectivity index (χ1n) is 9.55. The number of hydrogen-bond acceptors (Lipinski definition) is 3. The predicted octanol–water partition coefficient (Wildman–Crippen LogP) is 2.77. The first-order chi connectivity index (χ1) is 12.6. The number of hydrogen-bond donors (Lipinski definition) is 3. The number of benzene rings is 1. The van der Waals surface area contributed by atoms with Gasteiger partial charge in [0.15, 0.2) is 5.96 Å². The molecule has 1 aromatic carbocycles. The van der Waals surface area contributed by atoms with Crippen LogP contribution in [0.15, 0.2) is 29.3 Å². The molecular weight excluding hydrogens is 455 g/mol. The van der Waals surface area contributed by atoms with Crippen LogP contribution in [-0.4, -0.2) is 44.7 Å². The second-order valence-electron chi connectivity index (χ2n) is 6.73. The molecule has 6 nitrogen and oxygen atoms in total. The van der Waals surface area contributed by atoms with Gasteiger partial charge in [0.05, 0.1) is 6.10 Å². The summed E-state index contributed by atoms with van der Waals surface area (Å²) in [6.07, 6.45) is 2.30. The highest BCUT2D eigenvalue weighted by molar-refractivity contribution is 14.0. The molecule has 1 aromatic rings. The van der Waals surface area contributed by atoms with Crippen LogP contribution >= 0.6 is 24.0 Å². The van der Waals surface area contributed by atoms with E-state index in [-0.39, 0.29) is 36.0 Å². The van der Waals surface area contributed by atoms with Gasteiger partial charge in [-0.3, -0.25) is 9.79 Å². The van der Waals surface area contributed by atoms with E-state index in [4.69, 9.17) is 9.73 Å². The number of nitrogens with one attached hydrogen (secondary N) is 3. The number of halogens is 1. The average Bonchev–Trinajstić information content (AvgIpc) is 2.64. The molecule has 3 N–H and O–H groups in total. The molecule has 1 saturated heterocycles. The standard InChI is InChI=1S/C20H32N4O2.HI/c1-4-21-20(23-12-11-22-16(3)25)24-14-18-6-5-13-26-19(18)17-9-7-15(2)8-10-17;/h7-10,18-19H,4-6,11-14H2,1-3H3,(H,22,25)(H2,21,23,24);1H. The van der Waals surface area contributed by atoms with E-state index in [0.29, 0.717) is 25.6 Å². The Morgan fingerprint density at radius 3 is 2.56 bits per heavy atom. The molecule has 1 aliphatic heterocycles. The smallest absolute Gasteiger partial charge is 0.216 e. The van der Waals surface area contributed by atoms with Crippen molar-refractivity contribution in [1.29, 1.82) is 0 Å². The van der Waals surface area contributed by atoms with Gasteiger partial charge in [0.2, 0.25) is 5.91 Å². The summed E-state index contributed by atoms with van der Waals surface area (Å²) < 4.78 is 6.08. The second kappa shape index (κ2) is 12.9. The first-order valence-corrected chi connectivity index (χ1v) is 9.55. The van der Waals surface area contributed by atoms with E-state index in [2.05, 4.69) is 47.1 Å². The Morgan fingerprint density at radius 2 is 1.89 bits per heavy atom. The van der Waals surface area contributed by atoms with Crippen LogP contribution in [0.4, 0.5) is 0 Å². The quantitative estimate of drug-likeness (QED) is 0.239. The van der Waals surface area contributed by atoms with Crippen molar-refractivity contribution in [3.8, 4) is 0 Å². The molecule has 0 saturated carbocycles. The number of carbonyl (C=O) groups excluding carboxylic acids is 1. The lowest BCUT2D eigenvalue weighted by Crippen LogP contribution is -2.41. The maximum atomic E-state index is 10.9. The molecule has 1 aliphatic rings. The predicted molar refractivity (Wildman–Crippen MR) is 121 cm³/mol. The van der Waals surface area contributed by atoms with Gasteiger partial charge in [-0.2, -0.15) is 0 Å². The SMILES string of the molecule is CCNC(=NCC1CCCOC1c1ccc(C)cc1)NCCNC(C)=O.I. The Morgan fingerprint density at radius 1 is 1.19 bits per heavy atom. The highest BCUT2D eigenvalue weighted by Gasteiger charge is 2.27. The number of aliphatic imine (C=N–C) groups is 1. The molecule has 1 fully saturated rings. The Kier molecular flexibility index (Phi) is 11.3. The lowest BCUT2D eigenvalue weighted by atomic mass is 9.89. The first kappa shape index (κ1) is 23.7. The zero-order valence-electron chi connectivity index (χ0n) is 16.6. The summed E-state index contributed by atoms with van der Waals surface area (Å²) in [7, 11) is 0. The topological polar surface area (TPSA) is 74.8 Å². The lowest BCUT2D eigenvalue weighted by Gasteiger charge is -2.31. The van der Waals surface area contributed by atoms with E-state index in [1.807, 2.05) is 6.92 Å². The van der Waals surface area contributed by atoms with Crippen molar-refractivity contribution in [3.05, 3.63) is 35.4 Å². The van der Waals surface area contributed by atoms with Gasteiger partial charge in [-0.15, -0.1) is 24.0 Å². The molecule has 2 unspecified atom stereocenters. The number of guanidine groups is 1. The van der Waals surface area contributed by atoms with Gasteiger partial charge in [-0.25, -0.2) is 0 Å². The van der Waals surface area contributed by atoms with Crippen LogP contribution < -0.4 is 16.0 Å². The number of carbonyl (C=O) groups is 1. The molecule has 152 valence electrons. The Hall–Kier alpha value is -1.35. The fourth-order valence-electron chi connectivity index (χ4n) is 3.12. The lowest BCUT2D eigenvalue weighted by molar-refractivity contribution is -0.118. The molecule has 1 heterocycles. The van der Waals surface area contributed by atoms with Crippen LogP contribution in [0.1, 0.15) is 43.9 Å². The summed E-state index contributed by atoms with van der Waals surface area (Å²) >= 11 is 0. The number of amides is 1. The molecular formula is C20H33IN4O2. The third-order valence-electron chi connectivity index (χ3n) is 4.47. The molecule has 0 aromatic heterocycles. The molecule has 0 aliphatic carbocycles. The molecule has 2 atom stereocenters. The largest absolute Gasteiger partial charge is 0.373 e. The van der Waals surface area contributed by atoms with Crippen LogP contribution in [0.25, 0.3) is 0 Å². The van der Waals surface area contributed by atoms with Crippen molar-refractivity contribution in [2.45, 2.75) is 39.7 Å². The van der Waals surface area contributed by atoms with Crippen molar-refractivity contribution >= 4 is 35.8 Å². The molecule has 27 heavy (non-hydrogen) atoms. The second-order valence-corrected chi connectivity index (χ2v) is 6.73. The minimum Gasteiger partial charge on any atom is -0.373 e. The highest BCUT2D eigenvalue weighted by atomic mass is 127. The van der Waals surface area contributed by atoms with Crippen LogP contribution in [0.5, 0.6) is 0 Å². The van der Waals surface area contributed by atoms with E-state index in [1.54, 1.807) is 0 Å². The average molecular weight is 488 g/mol. The summed E-state index contributed by atoms with van der Waals surface area (Å²) in [6, 6.07) is 8.61. The summed E-state index contributed by atoms with van der Waals surface area (Å²) in [5, 5.41) is 9.30. The minimum absolute atomic E-state index is 0. The fraction of sp³-hybridized carbons (Fsp3) is 0.600. The summed E-state index contributed by atoms with van der Waals surface area (Å²) in [4.78, 5) is 15.7. The molecule has 7 heteroatoms. The van der Waals surface area contributed by atoms with Gasteiger partial charge in [0.1, 0.15) is 0 Å². The van der Waals surface area contributed by atoms with Crippen molar-refractivity contribution < 1.29 is 9.53 Å². The van der Waals surface area contributed by atoms with E-state index >= 15 is 0 Å². The van der Waals surface area contributed by atoms with E-state index < -0.39 is 0 Å². The normalized spacial score (nSPS) is 19.7. The van der Waals surface area contributed by atoms with Crippen LogP contribution in [0.2, 0.25) is 0 Å². The Balaban J connectivity index is 0.00000364. The Bertz CT molecular complexity index is 592. The van der Waals surface area contributed by atoms with Crippen LogP contribution in [0, 0.1) is 12.8 Å². The number of rotatable bonds is 7. The van der Waals surface area contributed by atoms with E-state index in [1.165, 1.54) is 18.1 Å².